The minimum absolute atomic E-state index is 0.0693. The van der Waals surface area contributed by atoms with Gasteiger partial charge in [-0.15, -0.1) is 0 Å². The first-order valence-electron chi connectivity index (χ1n) is 7.39. The Labute approximate surface area is 136 Å². The largest absolute Gasteiger partial charge is 0.416 e. The third-order valence-corrected chi connectivity index (χ3v) is 4.44. The van der Waals surface area contributed by atoms with E-state index >= 15 is 0 Å². The van der Waals surface area contributed by atoms with Crippen molar-refractivity contribution >= 4 is 22.4 Å². The number of halogens is 3. The van der Waals surface area contributed by atoms with Crippen LogP contribution in [0.2, 0.25) is 0 Å². The van der Waals surface area contributed by atoms with E-state index in [-0.39, 0.29) is 5.91 Å². The number of benzene rings is 3. The molecule has 0 N–H and O–H groups in total. The van der Waals surface area contributed by atoms with Crippen LogP contribution in [0.1, 0.15) is 15.9 Å². The molecule has 1 amide bonds. The van der Waals surface area contributed by atoms with Gasteiger partial charge in [-0.1, -0.05) is 30.3 Å². The van der Waals surface area contributed by atoms with E-state index in [0.717, 1.165) is 34.2 Å². The first kappa shape index (κ1) is 14.8. The molecular weight excluding hydrogens is 315 g/mol. The summed E-state index contributed by atoms with van der Waals surface area (Å²) in [5.74, 6) is -0.0693. The Kier molecular flexibility index (Phi) is 2.97. The highest BCUT2D eigenvalue weighted by Crippen LogP contribution is 2.41. The SMILES string of the molecule is CN1C(=O)c2cccc3c(-c4ccc(C(F)(F)F)cc4)ccc1c23. The molecule has 24 heavy (non-hydrogen) atoms. The Morgan fingerprint density at radius 3 is 2.25 bits per heavy atom. The maximum atomic E-state index is 12.7. The fourth-order valence-electron chi connectivity index (χ4n) is 3.23. The van der Waals surface area contributed by atoms with Crippen LogP contribution in [0.15, 0.2) is 54.6 Å². The van der Waals surface area contributed by atoms with Crippen molar-refractivity contribution in [1.29, 1.82) is 0 Å². The molecule has 0 radical (unpaired) electrons. The molecule has 120 valence electrons. The number of carbonyl (C=O) groups excluding carboxylic acids is 1. The average Bonchev–Trinajstić information content (AvgIpc) is 2.82. The molecule has 4 rings (SSSR count). The van der Waals surface area contributed by atoms with Gasteiger partial charge >= 0.3 is 6.18 Å². The van der Waals surface area contributed by atoms with E-state index in [4.69, 9.17) is 0 Å². The molecule has 1 heterocycles. The summed E-state index contributed by atoms with van der Waals surface area (Å²) < 4.78 is 38.2. The van der Waals surface area contributed by atoms with Crippen LogP contribution in [-0.4, -0.2) is 13.0 Å². The second-order valence-electron chi connectivity index (χ2n) is 5.80. The normalized spacial score (nSPS) is 13.8. The second kappa shape index (κ2) is 4.84. The Morgan fingerprint density at radius 1 is 0.875 bits per heavy atom. The van der Waals surface area contributed by atoms with Crippen molar-refractivity contribution < 1.29 is 18.0 Å². The molecule has 1 aliphatic rings. The van der Waals surface area contributed by atoms with Crippen LogP contribution in [0.5, 0.6) is 0 Å². The second-order valence-corrected chi connectivity index (χ2v) is 5.80. The number of hydrogen-bond donors (Lipinski definition) is 0. The molecule has 0 saturated heterocycles. The summed E-state index contributed by atoms with van der Waals surface area (Å²) >= 11 is 0. The van der Waals surface area contributed by atoms with Crippen LogP contribution in [0.4, 0.5) is 18.9 Å². The standard InChI is InChI=1S/C19H12F3NO/c1-23-16-10-9-13(11-5-7-12(8-6-11)19(20,21)22)14-3-2-4-15(17(14)16)18(23)24/h2-10H,1H3. The van der Waals surface area contributed by atoms with E-state index in [1.54, 1.807) is 24.1 Å². The number of amides is 1. The highest BCUT2D eigenvalue weighted by molar-refractivity contribution is 6.26. The van der Waals surface area contributed by atoms with Gasteiger partial charge in [0.15, 0.2) is 0 Å². The fraction of sp³-hybridized carbons (Fsp3) is 0.105. The number of hydrogen-bond acceptors (Lipinski definition) is 1. The van der Waals surface area contributed by atoms with E-state index in [0.29, 0.717) is 11.1 Å². The van der Waals surface area contributed by atoms with E-state index in [1.807, 2.05) is 18.2 Å². The molecule has 0 aromatic heterocycles. The van der Waals surface area contributed by atoms with Crippen molar-refractivity contribution in [3.63, 3.8) is 0 Å². The molecule has 0 spiro atoms. The van der Waals surface area contributed by atoms with Crippen molar-refractivity contribution in [3.05, 3.63) is 65.7 Å². The van der Waals surface area contributed by atoms with Crippen LogP contribution in [0, 0.1) is 0 Å². The van der Waals surface area contributed by atoms with Gasteiger partial charge < -0.3 is 4.90 Å². The third kappa shape index (κ3) is 2.01. The van der Waals surface area contributed by atoms with E-state index < -0.39 is 11.7 Å². The lowest BCUT2D eigenvalue weighted by Crippen LogP contribution is -2.20. The molecular formula is C19H12F3NO. The zero-order valence-electron chi connectivity index (χ0n) is 12.7. The Bertz CT molecular complexity index is 974. The predicted octanol–water partition coefficient (Wildman–Crippen LogP) is 5.12. The summed E-state index contributed by atoms with van der Waals surface area (Å²) in [5, 5.41) is 1.71. The molecule has 5 heteroatoms. The molecule has 3 aromatic rings. The molecule has 0 saturated carbocycles. The Balaban J connectivity index is 1.92. The molecule has 0 fully saturated rings. The zero-order chi connectivity index (χ0) is 17.1. The summed E-state index contributed by atoms with van der Waals surface area (Å²) in [5.41, 5.74) is 2.27. The summed E-state index contributed by atoms with van der Waals surface area (Å²) in [6, 6.07) is 14.2. The number of rotatable bonds is 1. The van der Waals surface area contributed by atoms with Crippen LogP contribution in [0.25, 0.3) is 21.9 Å². The Hall–Kier alpha value is -2.82. The monoisotopic (exact) mass is 327 g/mol. The van der Waals surface area contributed by atoms with Gasteiger partial charge in [-0.2, -0.15) is 13.2 Å². The minimum atomic E-state index is -4.35. The van der Waals surface area contributed by atoms with Gasteiger partial charge in [0.05, 0.1) is 11.3 Å². The number of anilines is 1. The van der Waals surface area contributed by atoms with Gasteiger partial charge in [-0.3, -0.25) is 4.79 Å². The van der Waals surface area contributed by atoms with Gasteiger partial charge in [-0.05, 0) is 40.8 Å². The fourth-order valence-corrected chi connectivity index (χ4v) is 3.23. The average molecular weight is 327 g/mol. The van der Waals surface area contributed by atoms with Crippen LogP contribution >= 0.6 is 0 Å². The summed E-state index contributed by atoms with van der Waals surface area (Å²) in [6.07, 6.45) is -4.35. The van der Waals surface area contributed by atoms with Crippen molar-refractivity contribution in [1.82, 2.24) is 0 Å². The van der Waals surface area contributed by atoms with Gasteiger partial charge in [0.25, 0.3) is 5.91 Å². The maximum Gasteiger partial charge on any atom is 0.416 e. The number of nitrogens with zero attached hydrogens (tertiary/aromatic N) is 1. The first-order valence-corrected chi connectivity index (χ1v) is 7.39. The molecule has 0 atom stereocenters. The molecule has 2 nitrogen and oxygen atoms in total. The third-order valence-electron chi connectivity index (χ3n) is 4.44. The van der Waals surface area contributed by atoms with Crippen molar-refractivity contribution in [3.8, 4) is 11.1 Å². The molecule has 0 aliphatic carbocycles. The van der Waals surface area contributed by atoms with E-state index in [2.05, 4.69) is 0 Å². The molecule has 0 bridgehead atoms. The van der Waals surface area contributed by atoms with Gasteiger partial charge in [0.2, 0.25) is 0 Å². The maximum absolute atomic E-state index is 12.7. The van der Waals surface area contributed by atoms with Gasteiger partial charge in [-0.25, -0.2) is 0 Å². The Morgan fingerprint density at radius 2 is 1.58 bits per heavy atom. The zero-order valence-corrected chi connectivity index (χ0v) is 12.7. The van der Waals surface area contributed by atoms with Crippen LogP contribution in [0.3, 0.4) is 0 Å². The quantitative estimate of drug-likeness (QED) is 0.608. The highest BCUT2D eigenvalue weighted by atomic mass is 19.4. The lowest BCUT2D eigenvalue weighted by Gasteiger charge is -2.12. The predicted molar refractivity (Wildman–Crippen MR) is 87.1 cm³/mol. The first-order chi connectivity index (χ1) is 11.4. The number of alkyl halides is 3. The summed E-state index contributed by atoms with van der Waals surface area (Å²) in [7, 11) is 1.72. The summed E-state index contributed by atoms with van der Waals surface area (Å²) in [4.78, 5) is 13.9. The summed E-state index contributed by atoms with van der Waals surface area (Å²) in [6.45, 7) is 0. The lowest BCUT2D eigenvalue weighted by molar-refractivity contribution is -0.137. The van der Waals surface area contributed by atoms with Crippen molar-refractivity contribution in [2.24, 2.45) is 0 Å². The topological polar surface area (TPSA) is 20.3 Å². The minimum Gasteiger partial charge on any atom is -0.311 e. The smallest absolute Gasteiger partial charge is 0.311 e. The lowest BCUT2D eigenvalue weighted by atomic mass is 9.95. The van der Waals surface area contributed by atoms with E-state index in [1.165, 1.54) is 12.1 Å². The van der Waals surface area contributed by atoms with E-state index in [9.17, 15) is 18.0 Å². The number of carbonyl (C=O) groups is 1. The molecule has 3 aromatic carbocycles. The van der Waals surface area contributed by atoms with Crippen molar-refractivity contribution in [2.75, 3.05) is 11.9 Å². The molecule has 1 aliphatic heterocycles. The van der Waals surface area contributed by atoms with Gasteiger partial charge in [0, 0.05) is 18.0 Å². The van der Waals surface area contributed by atoms with Crippen LogP contribution < -0.4 is 4.90 Å². The van der Waals surface area contributed by atoms with Crippen molar-refractivity contribution in [2.45, 2.75) is 6.18 Å². The van der Waals surface area contributed by atoms with Crippen LogP contribution in [-0.2, 0) is 6.18 Å². The molecule has 0 unspecified atom stereocenters. The van der Waals surface area contributed by atoms with Gasteiger partial charge in [0.1, 0.15) is 0 Å². The highest BCUT2D eigenvalue weighted by Gasteiger charge is 2.30.